The van der Waals surface area contributed by atoms with Crippen molar-refractivity contribution < 1.29 is 9.59 Å². The number of rotatable bonds is 4. The van der Waals surface area contributed by atoms with Gasteiger partial charge in [0, 0.05) is 32.1 Å². The molecule has 126 valence electrons. The Labute approximate surface area is 138 Å². The van der Waals surface area contributed by atoms with Crippen molar-refractivity contribution in [3.8, 4) is 0 Å². The summed E-state index contributed by atoms with van der Waals surface area (Å²) in [5, 5.41) is 2.98. The lowest BCUT2D eigenvalue weighted by molar-refractivity contribution is -0.135. The van der Waals surface area contributed by atoms with Gasteiger partial charge < -0.3 is 10.2 Å². The third-order valence-electron chi connectivity index (χ3n) is 4.58. The molecule has 5 heteroatoms. The molecule has 0 spiro atoms. The van der Waals surface area contributed by atoms with Gasteiger partial charge in [-0.15, -0.1) is 0 Å². The van der Waals surface area contributed by atoms with E-state index in [9.17, 15) is 9.59 Å². The Kier molecular flexibility index (Phi) is 5.74. The van der Waals surface area contributed by atoms with Crippen LogP contribution in [0.15, 0.2) is 18.5 Å². The molecule has 0 radical (unpaired) electrons. The number of hydrogen-bond donors (Lipinski definition) is 1. The minimum Gasteiger partial charge on any atom is -0.349 e. The van der Waals surface area contributed by atoms with Gasteiger partial charge in [-0.2, -0.15) is 0 Å². The minimum absolute atomic E-state index is 0.0103. The van der Waals surface area contributed by atoms with Crippen LogP contribution in [0, 0.1) is 11.8 Å². The van der Waals surface area contributed by atoms with E-state index >= 15 is 0 Å². The molecular formula is C18H27N3O2. The van der Waals surface area contributed by atoms with E-state index in [2.05, 4.69) is 24.1 Å². The van der Waals surface area contributed by atoms with Gasteiger partial charge in [0.25, 0.3) is 0 Å². The van der Waals surface area contributed by atoms with Crippen molar-refractivity contribution in [2.45, 2.75) is 45.4 Å². The van der Waals surface area contributed by atoms with Gasteiger partial charge in [-0.3, -0.25) is 14.6 Å². The SMILES string of the molecule is CC(C)c1cncc(NC(=O)C2CCC(C(=O)N(C)C)CC2)c1. The van der Waals surface area contributed by atoms with E-state index in [0.29, 0.717) is 5.92 Å². The molecule has 0 aliphatic heterocycles. The largest absolute Gasteiger partial charge is 0.349 e. The second kappa shape index (κ2) is 7.57. The van der Waals surface area contributed by atoms with E-state index in [-0.39, 0.29) is 23.7 Å². The lowest BCUT2D eigenvalue weighted by Crippen LogP contribution is -2.34. The van der Waals surface area contributed by atoms with E-state index in [0.717, 1.165) is 36.9 Å². The van der Waals surface area contributed by atoms with Gasteiger partial charge in [-0.05, 0) is 43.2 Å². The number of carbonyl (C=O) groups is 2. The molecule has 1 N–H and O–H groups in total. The molecule has 1 aromatic heterocycles. The van der Waals surface area contributed by atoms with Gasteiger partial charge in [-0.25, -0.2) is 0 Å². The van der Waals surface area contributed by atoms with Gasteiger partial charge >= 0.3 is 0 Å². The molecule has 0 atom stereocenters. The zero-order chi connectivity index (χ0) is 17.0. The summed E-state index contributed by atoms with van der Waals surface area (Å²) >= 11 is 0. The highest BCUT2D eigenvalue weighted by Gasteiger charge is 2.30. The number of aromatic nitrogens is 1. The van der Waals surface area contributed by atoms with Crippen LogP contribution in [0.1, 0.15) is 51.0 Å². The lowest BCUT2D eigenvalue weighted by Gasteiger charge is -2.28. The van der Waals surface area contributed by atoms with Crippen molar-refractivity contribution in [3.05, 3.63) is 24.0 Å². The monoisotopic (exact) mass is 317 g/mol. The molecule has 0 aromatic carbocycles. The summed E-state index contributed by atoms with van der Waals surface area (Å²) in [4.78, 5) is 30.2. The van der Waals surface area contributed by atoms with E-state index in [1.807, 2.05) is 12.3 Å². The third-order valence-corrected chi connectivity index (χ3v) is 4.58. The van der Waals surface area contributed by atoms with E-state index in [4.69, 9.17) is 0 Å². The fourth-order valence-corrected chi connectivity index (χ4v) is 3.05. The molecule has 0 saturated heterocycles. The Balaban J connectivity index is 1.90. The summed E-state index contributed by atoms with van der Waals surface area (Å²) in [6.07, 6.45) is 6.64. The van der Waals surface area contributed by atoms with Crippen LogP contribution in [0.4, 0.5) is 5.69 Å². The predicted octanol–water partition coefficient (Wildman–Crippen LogP) is 3.04. The van der Waals surface area contributed by atoms with Crippen LogP contribution in [-0.2, 0) is 9.59 Å². The van der Waals surface area contributed by atoms with Gasteiger partial charge in [0.1, 0.15) is 0 Å². The summed E-state index contributed by atoms with van der Waals surface area (Å²) in [6, 6.07) is 1.98. The van der Waals surface area contributed by atoms with Crippen LogP contribution >= 0.6 is 0 Å². The Morgan fingerprint density at radius 1 is 1.13 bits per heavy atom. The van der Waals surface area contributed by atoms with Gasteiger partial charge in [0.15, 0.2) is 0 Å². The maximum atomic E-state index is 12.4. The van der Waals surface area contributed by atoms with Crippen LogP contribution in [0.2, 0.25) is 0 Å². The molecular weight excluding hydrogens is 290 g/mol. The average Bonchev–Trinajstić information content (AvgIpc) is 2.54. The third kappa shape index (κ3) is 4.53. The van der Waals surface area contributed by atoms with Crippen LogP contribution < -0.4 is 5.32 Å². The highest BCUT2D eigenvalue weighted by Crippen LogP contribution is 2.30. The zero-order valence-corrected chi connectivity index (χ0v) is 14.5. The summed E-state index contributed by atoms with van der Waals surface area (Å²) in [5.74, 6) is 0.664. The topological polar surface area (TPSA) is 62.3 Å². The van der Waals surface area contributed by atoms with Crippen molar-refractivity contribution >= 4 is 17.5 Å². The molecule has 1 saturated carbocycles. The molecule has 23 heavy (non-hydrogen) atoms. The molecule has 1 aliphatic rings. The highest BCUT2D eigenvalue weighted by atomic mass is 16.2. The van der Waals surface area contributed by atoms with Crippen LogP contribution in [0.5, 0.6) is 0 Å². The predicted molar refractivity (Wildman–Crippen MR) is 91.1 cm³/mol. The summed E-state index contributed by atoms with van der Waals surface area (Å²) in [7, 11) is 3.58. The number of anilines is 1. The quantitative estimate of drug-likeness (QED) is 0.928. The minimum atomic E-state index is -0.0103. The number of pyridine rings is 1. The van der Waals surface area contributed by atoms with Gasteiger partial charge in [0.2, 0.25) is 11.8 Å². The van der Waals surface area contributed by atoms with E-state index < -0.39 is 0 Å². The second-order valence-electron chi connectivity index (χ2n) is 6.93. The summed E-state index contributed by atoms with van der Waals surface area (Å²) in [6.45, 7) is 4.21. The summed E-state index contributed by atoms with van der Waals surface area (Å²) in [5.41, 5.74) is 1.87. The van der Waals surface area contributed by atoms with E-state index in [1.165, 1.54) is 0 Å². The zero-order valence-electron chi connectivity index (χ0n) is 14.5. The molecule has 1 aromatic rings. The van der Waals surface area contributed by atoms with Crippen LogP contribution in [0.25, 0.3) is 0 Å². The molecule has 1 aliphatic carbocycles. The van der Waals surface area contributed by atoms with Gasteiger partial charge in [0.05, 0.1) is 11.9 Å². The summed E-state index contributed by atoms with van der Waals surface area (Å²) < 4.78 is 0. The van der Waals surface area contributed by atoms with Gasteiger partial charge in [-0.1, -0.05) is 13.8 Å². The number of hydrogen-bond acceptors (Lipinski definition) is 3. The van der Waals surface area contributed by atoms with Crippen LogP contribution in [0.3, 0.4) is 0 Å². The number of amides is 2. The van der Waals surface area contributed by atoms with E-state index in [1.54, 1.807) is 25.2 Å². The van der Waals surface area contributed by atoms with Crippen molar-refractivity contribution in [1.29, 1.82) is 0 Å². The fraction of sp³-hybridized carbons (Fsp3) is 0.611. The molecule has 1 fully saturated rings. The number of nitrogens with zero attached hydrogens (tertiary/aromatic N) is 2. The van der Waals surface area contributed by atoms with Crippen molar-refractivity contribution in [3.63, 3.8) is 0 Å². The first-order valence-corrected chi connectivity index (χ1v) is 8.35. The molecule has 1 heterocycles. The first-order chi connectivity index (χ1) is 10.9. The fourth-order valence-electron chi connectivity index (χ4n) is 3.05. The maximum absolute atomic E-state index is 12.4. The normalized spacial score (nSPS) is 21.1. The average molecular weight is 317 g/mol. The Hall–Kier alpha value is -1.91. The first kappa shape index (κ1) is 17.4. The molecule has 0 unspecified atom stereocenters. The van der Waals surface area contributed by atoms with Crippen LogP contribution in [-0.4, -0.2) is 35.8 Å². The number of nitrogens with one attached hydrogen (secondary N) is 1. The first-order valence-electron chi connectivity index (χ1n) is 8.35. The standard InChI is InChI=1S/C18H27N3O2/c1-12(2)15-9-16(11-19-10-15)20-17(22)13-5-7-14(8-6-13)18(23)21(3)4/h9-14H,5-8H2,1-4H3,(H,20,22). The smallest absolute Gasteiger partial charge is 0.227 e. The Bertz CT molecular complexity index is 561. The molecule has 5 nitrogen and oxygen atoms in total. The Morgan fingerprint density at radius 2 is 1.74 bits per heavy atom. The Morgan fingerprint density at radius 3 is 2.30 bits per heavy atom. The second-order valence-corrected chi connectivity index (χ2v) is 6.93. The highest BCUT2D eigenvalue weighted by molar-refractivity contribution is 5.92. The van der Waals surface area contributed by atoms with Crippen molar-refractivity contribution in [1.82, 2.24) is 9.88 Å². The van der Waals surface area contributed by atoms with Crippen molar-refractivity contribution in [2.24, 2.45) is 11.8 Å². The molecule has 2 rings (SSSR count). The molecule has 2 amide bonds. The number of carbonyl (C=O) groups excluding carboxylic acids is 2. The molecule has 0 bridgehead atoms. The van der Waals surface area contributed by atoms with Crippen molar-refractivity contribution in [2.75, 3.05) is 19.4 Å². The maximum Gasteiger partial charge on any atom is 0.227 e. The lowest BCUT2D eigenvalue weighted by atomic mass is 9.81.